The number of esters is 1. The van der Waals surface area contributed by atoms with Gasteiger partial charge in [0.1, 0.15) is 17.3 Å². The van der Waals surface area contributed by atoms with Crippen molar-refractivity contribution in [2.24, 2.45) is 0 Å². The second-order valence-electron chi connectivity index (χ2n) is 6.29. The molecule has 0 saturated carbocycles. The van der Waals surface area contributed by atoms with E-state index in [2.05, 4.69) is 17.4 Å². The Morgan fingerprint density at radius 3 is 2.59 bits per heavy atom. The van der Waals surface area contributed by atoms with E-state index in [0.29, 0.717) is 0 Å². The SMILES string of the molecule is CC(OC(=O)CSc1ccc2c(c1)CCC2)C(=O)Nc1c(F)cccc1F. The number of carbonyl (C=O) groups is 2. The average molecular weight is 391 g/mol. The quantitative estimate of drug-likeness (QED) is 0.595. The first-order chi connectivity index (χ1) is 12.9. The minimum atomic E-state index is -1.17. The Hall–Kier alpha value is -2.41. The summed E-state index contributed by atoms with van der Waals surface area (Å²) in [4.78, 5) is 25.0. The van der Waals surface area contributed by atoms with Crippen LogP contribution in [0, 0.1) is 11.6 Å². The summed E-state index contributed by atoms with van der Waals surface area (Å²) >= 11 is 1.33. The Morgan fingerprint density at radius 1 is 1.15 bits per heavy atom. The molecule has 0 fully saturated rings. The number of fused-ring (bicyclic) bond motifs is 1. The number of halogens is 2. The van der Waals surface area contributed by atoms with E-state index in [0.717, 1.165) is 36.3 Å². The minimum absolute atomic E-state index is 0.0461. The fraction of sp³-hybridized carbons (Fsp3) is 0.300. The van der Waals surface area contributed by atoms with Gasteiger partial charge < -0.3 is 10.1 Å². The maximum atomic E-state index is 13.6. The highest BCUT2D eigenvalue weighted by Crippen LogP contribution is 2.27. The molecule has 0 aliphatic heterocycles. The first kappa shape index (κ1) is 19.4. The molecule has 1 aliphatic carbocycles. The van der Waals surface area contributed by atoms with E-state index in [1.165, 1.54) is 35.9 Å². The summed E-state index contributed by atoms with van der Waals surface area (Å²) in [7, 11) is 0. The lowest BCUT2D eigenvalue weighted by atomic mass is 10.1. The van der Waals surface area contributed by atoms with Gasteiger partial charge in [0.15, 0.2) is 6.10 Å². The first-order valence-electron chi connectivity index (χ1n) is 8.63. The zero-order chi connectivity index (χ0) is 19.4. The van der Waals surface area contributed by atoms with Gasteiger partial charge in [-0.25, -0.2) is 8.78 Å². The minimum Gasteiger partial charge on any atom is -0.452 e. The first-order valence-corrected chi connectivity index (χ1v) is 9.61. The number of anilines is 1. The van der Waals surface area contributed by atoms with Crippen LogP contribution in [-0.4, -0.2) is 23.7 Å². The average Bonchev–Trinajstić information content (AvgIpc) is 3.10. The molecule has 0 radical (unpaired) electrons. The third kappa shape index (κ3) is 4.86. The second kappa shape index (κ2) is 8.52. The molecule has 0 aromatic heterocycles. The number of thioether (sulfide) groups is 1. The van der Waals surface area contributed by atoms with Crippen molar-refractivity contribution >= 4 is 29.3 Å². The Kier molecular flexibility index (Phi) is 6.11. The van der Waals surface area contributed by atoms with Crippen LogP contribution < -0.4 is 5.32 Å². The largest absolute Gasteiger partial charge is 0.452 e. The number of ether oxygens (including phenoxy) is 1. The molecule has 2 aromatic carbocycles. The van der Waals surface area contributed by atoms with Gasteiger partial charge in [0, 0.05) is 4.90 Å². The van der Waals surface area contributed by atoms with Crippen LogP contribution in [0.5, 0.6) is 0 Å². The maximum Gasteiger partial charge on any atom is 0.317 e. The van der Waals surface area contributed by atoms with Gasteiger partial charge in [-0.1, -0.05) is 12.1 Å². The molecular formula is C20H19F2NO3S. The van der Waals surface area contributed by atoms with Crippen LogP contribution in [0.1, 0.15) is 24.5 Å². The number of benzene rings is 2. The molecule has 1 unspecified atom stereocenters. The molecule has 0 saturated heterocycles. The normalized spacial score (nSPS) is 13.7. The molecule has 0 bridgehead atoms. The number of amides is 1. The van der Waals surface area contributed by atoms with E-state index in [-0.39, 0.29) is 5.75 Å². The number of nitrogens with one attached hydrogen (secondary N) is 1. The summed E-state index contributed by atoms with van der Waals surface area (Å²) in [5, 5.41) is 2.11. The van der Waals surface area contributed by atoms with Crippen LogP contribution in [0.15, 0.2) is 41.3 Å². The molecule has 2 aromatic rings. The predicted molar refractivity (Wildman–Crippen MR) is 99.7 cm³/mol. The molecule has 1 amide bonds. The lowest BCUT2D eigenvalue weighted by Gasteiger charge is -2.14. The smallest absolute Gasteiger partial charge is 0.317 e. The third-order valence-corrected chi connectivity index (χ3v) is 5.28. The van der Waals surface area contributed by atoms with E-state index in [1.54, 1.807) is 0 Å². The summed E-state index contributed by atoms with van der Waals surface area (Å²) < 4.78 is 32.2. The molecule has 1 N–H and O–H groups in total. The molecule has 142 valence electrons. The van der Waals surface area contributed by atoms with E-state index < -0.39 is 35.3 Å². The number of rotatable bonds is 6. The number of hydrogen-bond acceptors (Lipinski definition) is 4. The van der Waals surface area contributed by atoms with Crippen LogP contribution in [-0.2, 0) is 27.2 Å². The van der Waals surface area contributed by atoms with Crippen LogP contribution in [0.3, 0.4) is 0 Å². The molecule has 1 aliphatic rings. The van der Waals surface area contributed by atoms with E-state index in [9.17, 15) is 18.4 Å². The second-order valence-corrected chi connectivity index (χ2v) is 7.34. The fourth-order valence-electron chi connectivity index (χ4n) is 2.91. The van der Waals surface area contributed by atoms with Crippen molar-refractivity contribution in [2.45, 2.75) is 37.2 Å². The van der Waals surface area contributed by atoms with Crippen LogP contribution in [0.25, 0.3) is 0 Å². The Labute approximate surface area is 160 Å². The summed E-state index contributed by atoms with van der Waals surface area (Å²) in [5.74, 6) is -3.11. The van der Waals surface area contributed by atoms with Gasteiger partial charge in [0.2, 0.25) is 0 Å². The van der Waals surface area contributed by atoms with Gasteiger partial charge in [-0.3, -0.25) is 9.59 Å². The highest BCUT2D eigenvalue weighted by molar-refractivity contribution is 8.00. The predicted octanol–water partition coefficient (Wildman–Crippen LogP) is 4.12. The molecular weight excluding hydrogens is 372 g/mol. The van der Waals surface area contributed by atoms with E-state index >= 15 is 0 Å². The topological polar surface area (TPSA) is 55.4 Å². The molecule has 3 rings (SSSR count). The fourth-order valence-corrected chi connectivity index (χ4v) is 3.65. The molecule has 7 heteroatoms. The van der Waals surface area contributed by atoms with Crippen molar-refractivity contribution in [1.29, 1.82) is 0 Å². The standard InChI is InChI=1S/C20H19F2NO3S/c1-12(20(25)23-19-16(21)6-3-7-17(19)22)26-18(24)11-27-15-9-8-13-4-2-5-14(13)10-15/h3,6-10,12H,2,4-5,11H2,1H3,(H,23,25). The van der Waals surface area contributed by atoms with Gasteiger partial charge in [0.25, 0.3) is 5.91 Å². The number of carbonyl (C=O) groups excluding carboxylic acids is 2. The highest BCUT2D eigenvalue weighted by Gasteiger charge is 2.21. The maximum absolute atomic E-state index is 13.6. The molecule has 4 nitrogen and oxygen atoms in total. The van der Waals surface area contributed by atoms with Gasteiger partial charge in [0.05, 0.1) is 5.75 Å². The van der Waals surface area contributed by atoms with Crippen LogP contribution in [0.2, 0.25) is 0 Å². The number of hydrogen-bond donors (Lipinski definition) is 1. The summed E-state index contributed by atoms with van der Waals surface area (Å²) in [6.45, 7) is 1.35. The highest BCUT2D eigenvalue weighted by atomic mass is 32.2. The molecule has 0 spiro atoms. The zero-order valence-electron chi connectivity index (χ0n) is 14.8. The lowest BCUT2D eigenvalue weighted by molar-refractivity contribution is -0.150. The van der Waals surface area contributed by atoms with Gasteiger partial charge in [-0.2, -0.15) is 0 Å². The lowest BCUT2D eigenvalue weighted by Crippen LogP contribution is -2.31. The van der Waals surface area contributed by atoms with Crippen molar-refractivity contribution in [1.82, 2.24) is 0 Å². The number of para-hydroxylation sites is 1. The Morgan fingerprint density at radius 2 is 1.85 bits per heavy atom. The third-order valence-electron chi connectivity index (χ3n) is 4.32. The summed E-state index contributed by atoms with van der Waals surface area (Å²) in [6.07, 6.45) is 2.13. The summed E-state index contributed by atoms with van der Waals surface area (Å²) in [6, 6.07) is 9.39. The molecule has 0 heterocycles. The van der Waals surface area contributed by atoms with E-state index in [1.807, 2.05) is 6.07 Å². The number of aryl methyl sites for hydroxylation is 2. The molecule has 1 atom stereocenters. The zero-order valence-corrected chi connectivity index (χ0v) is 15.6. The Balaban J connectivity index is 1.50. The van der Waals surface area contributed by atoms with E-state index in [4.69, 9.17) is 4.74 Å². The van der Waals surface area contributed by atoms with Crippen molar-refractivity contribution in [3.8, 4) is 0 Å². The van der Waals surface area contributed by atoms with Gasteiger partial charge in [-0.15, -0.1) is 11.8 Å². The van der Waals surface area contributed by atoms with Crippen molar-refractivity contribution in [3.63, 3.8) is 0 Å². The van der Waals surface area contributed by atoms with Gasteiger partial charge in [-0.05, 0) is 61.6 Å². The van der Waals surface area contributed by atoms with Crippen molar-refractivity contribution < 1.29 is 23.1 Å². The van der Waals surface area contributed by atoms with Gasteiger partial charge >= 0.3 is 5.97 Å². The molecule has 27 heavy (non-hydrogen) atoms. The van der Waals surface area contributed by atoms with Crippen molar-refractivity contribution in [2.75, 3.05) is 11.1 Å². The van der Waals surface area contributed by atoms with Crippen LogP contribution in [0.4, 0.5) is 14.5 Å². The van der Waals surface area contributed by atoms with Crippen molar-refractivity contribution in [3.05, 3.63) is 59.2 Å². The van der Waals surface area contributed by atoms with Crippen LogP contribution >= 0.6 is 11.8 Å². The monoisotopic (exact) mass is 391 g/mol. The summed E-state index contributed by atoms with van der Waals surface area (Å²) in [5.41, 5.74) is 2.11. The Bertz CT molecular complexity index is 852.